The zero-order valence-corrected chi connectivity index (χ0v) is 21.7. The number of carbonyl (C=O) groups excluding carboxylic acids is 1. The topological polar surface area (TPSA) is 95.8 Å². The van der Waals surface area contributed by atoms with E-state index in [1.807, 2.05) is 24.4 Å². The SMILES string of the molecule is N[C@@H](Cc1c[nH]c2ccccc12)C(=O)NCCCCCCCNc1c2c(nc3ccccc13)CCCC2. The van der Waals surface area contributed by atoms with Crippen LogP contribution >= 0.6 is 0 Å². The number of unbranched alkanes of at least 4 members (excludes halogenated alkanes) is 4. The summed E-state index contributed by atoms with van der Waals surface area (Å²) in [5.74, 6) is -0.0672. The van der Waals surface area contributed by atoms with Gasteiger partial charge in [-0.25, -0.2) is 0 Å². The van der Waals surface area contributed by atoms with Crippen LogP contribution in [0, 0.1) is 0 Å². The number of H-pyrrole nitrogens is 1. The number of rotatable bonds is 12. The summed E-state index contributed by atoms with van der Waals surface area (Å²) >= 11 is 0. The minimum absolute atomic E-state index is 0.0672. The molecule has 194 valence electrons. The first-order valence-electron chi connectivity index (χ1n) is 13.9. The van der Waals surface area contributed by atoms with Crippen LogP contribution in [0.2, 0.25) is 0 Å². The molecular formula is C31H39N5O. The van der Waals surface area contributed by atoms with Gasteiger partial charge in [-0.15, -0.1) is 0 Å². The summed E-state index contributed by atoms with van der Waals surface area (Å²) in [7, 11) is 0. The molecule has 2 aromatic carbocycles. The zero-order valence-electron chi connectivity index (χ0n) is 21.7. The third-order valence-electron chi connectivity index (χ3n) is 7.58. The van der Waals surface area contributed by atoms with Crippen LogP contribution in [0.5, 0.6) is 0 Å². The number of amides is 1. The Morgan fingerprint density at radius 3 is 2.54 bits per heavy atom. The number of hydrogen-bond acceptors (Lipinski definition) is 4. The first kappa shape index (κ1) is 25.3. The summed E-state index contributed by atoms with van der Waals surface area (Å²) < 4.78 is 0. The molecular weight excluding hydrogens is 458 g/mol. The maximum absolute atomic E-state index is 12.5. The van der Waals surface area contributed by atoms with E-state index in [1.54, 1.807) is 0 Å². The highest BCUT2D eigenvalue weighted by molar-refractivity contribution is 5.93. The molecule has 0 spiro atoms. The van der Waals surface area contributed by atoms with Gasteiger partial charge in [0.1, 0.15) is 0 Å². The standard InChI is InChI=1S/C31H39N5O/c32-26(20-22-21-35-27-15-7-4-12-23(22)27)31(37)34-19-11-3-1-2-10-18-33-30-24-13-5-8-16-28(24)36-29-17-9-6-14-25(29)30/h4-5,7-8,12-13,15-16,21,26,35H,1-3,6,9-11,14,17-20,32H2,(H,33,36)(H,34,37)/t26-/m0/s1. The number of aromatic amines is 1. The average molecular weight is 498 g/mol. The van der Waals surface area contributed by atoms with E-state index in [-0.39, 0.29) is 5.91 Å². The van der Waals surface area contributed by atoms with E-state index in [2.05, 4.69) is 45.9 Å². The number of benzene rings is 2. The molecule has 0 saturated carbocycles. The highest BCUT2D eigenvalue weighted by Crippen LogP contribution is 2.33. The number of para-hydroxylation sites is 2. The third-order valence-corrected chi connectivity index (χ3v) is 7.58. The summed E-state index contributed by atoms with van der Waals surface area (Å²) in [5.41, 5.74) is 13.5. The second-order valence-corrected chi connectivity index (χ2v) is 10.3. The number of hydrogen-bond donors (Lipinski definition) is 4. The molecule has 0 fully saturated rings. The molecule has 37 heavy (non-hydrogen) atoms. The quantitative estimate of drug-likeness (QED) is 0.190. The van der Waals surface area contributed by atoms with Crippen molar-refractivity contribution < 1.29 is 4.79 Å². The predicted molar refractivity (Wildman–Crippen MR) is 153 cm³/mol. The molecule has 5 rings (SSSR count). The van der Waals surface area contributed by atoms with Crippen LogP contribution in [-0.4, -0.2) is 35.0 Å². The highest BCUT2D eigenvalue weighted by Gasteiger charge is 2.18. The Hall–Kier alpha value is -3.38. The van der Waals surface area contributed by atoms with Gasteiger partial charge in [0, 0.05) is 47.0 Å². The van der Waals surface area contributed by atoms with Crippen molar-refractivity contribution in [1.82, 2.24) is 15.3 Å². The molecule has 2 heterocycles. The van der Waals surface area contributed by atoms with Crippen molar-refractivity contribution in [2.75, 3.05) is 18.4 Å². The van der Waals surface area contributed by atoms with Crippen molar-refractivity contribution in [3.63, 3.8) is 0 Å². The molecule has 2 aromatic heterocycles. The number of aromatic nitrogens is 2. The minimum Gasteiger partial charge on any atom is -0.384 e. The first-order chi connectivity index (χ1) is 18.2. The summed E-state index contributed by atoms with van der Waals surface area (Å²) in [4.78, 5) is 20.6. The van der Waals surface area contributed by atoms with Crippen molar-refractivity contribution in [3.8, 4) is 0 Å². The van der Waals surface area contributed by atoms with Crippen LogP contribution in [0.25, 0.3) is 21.8 Å². The average Bonchev–Trinajstić information content (AvgIpc) is 3.34. The van der Waals surface area contributed by atoms with Crippen LogP contribution in [0.15, 0.2) is 54.7 Å². The minimum atomic E-state index is -0.528. The van der Waals surface area contributed by atoms with Gasteiger partial charge in [0.05, 0.1) is 11.6 Å². The Bertz CT molecular complexity index is 1340. The van der Waals surface area contributed by atoms with Crippen LogP contribution in [0.4, 0.5) is 5.69 Å². The molecule has 6 heteroatoms. The van der Waals surface area contributed by atoms with E-state index in [9.17, 15) is 4.79 Å². The molecule has 5 N–H and O–H groups in total. The van der Waals surface area contributed by atoms with E-state index in [1.165, 1.54) is 48.0 Å². The maximum atomic E-state index is 12.5. The number of nitrogens with one attached hydrogen (secondary N) is 3. The Balaban J connectivity index is 0.988. The monoisotopic (exact) mass is 497 g/mol. The van der Waals surface area contributed by atoms with Gasteiger partial charge in [-0.3, -0.25) is 9.78 Å². The fourth-order valence-corrected chi connectivity index (χ4v) is 5.54. The van der Waals surface area contributed by atoms with Crippen LogP contribution < -0.4 is 16.4 Å². The second kappa shape index (κ2) is 12.2. The Morgan fingerprint density at radius 1 is 0.919 bits per heavy atom. The van der Waals surface area contributed by atoms with Crippen molar-refractivity contribution in [2.24, 2.45) is 5.73 Å². The maximum Gasteiger partial charge on any atom is 0.237 e. The number of nitrogens with zero attached hydrogens (tertiary/aromatic N) is 1. The highest BCUT2D eigenvalue weighted by atomic mass is 16.2. The molecule has 6 nitrogen and oxygen atoms in total. The Kier molecular flexibility index (Phi) is 8.36. The van der Waals surface area contributed by atoms with Crippen LogP contribution in [-0.2, 0) is 24.1 Å². The molecule has 1 amide bonds. The molecule has 1 aliphatic carbocycles. The lowest BCUT2D eigenvalue weighted by Gasteiger charge is -2.21. The fraction of sp³-hybridized carbons (Fsp3) is 0.419. The number of fused-ring (bicyclic) bond motifs is 3. The Morgan fingerprint density at radius 2 is 1.65 bits per heavy atom. The molecule has 1 atom stereocenters. The molecule has 1 aliphatic rings. The van der Waals surface area contributed by atoms with Crippen LogP contribution in [0.1, 0.15) is 61.8 Å². The third kappa shape index (κ3) is 6.13. The van der Waals surface area contributed by atoms with Gasteiger partial charge in [0.2, 0.25) is 5.91 Å². The first-order valence-corrected chi connectivity index (χ1v) is 13.9. The van der Waals surface area contributed by atoms with Gasteiger partial charge in [-0.1, -0.05) is 55.7 Å². The molecule has 0 saturated heterocycles. The van der Waals surface area contributed by atoms with E-state index < -0.39 is 6.04 Å². The molecule has 0 bridgehead atoms. The summed E-state index contributed by atoms with van der Waals surface area (Å²) in [5, 5.41) is 9.17. The lowest BCUT2D eigenvalue weighted by atomic mass is 9.92. The van der Waals surface area contributed by atoms with Crippen molar-refractivity contribution in [3.05, 3.63) is 71.5 Å². The molecule has 4 aromatic rings. The van der Waals surface area contributed by atoms with Gasteiger partial charge >= 0.3 is 0 Å². The van der Waals surface area contributed by atoms with Crippen molar-refractivity contribution in [2.45, 2.75) is 70.3 Å². The smallest absolute Gasteiger partial charge is 0.237 e. The van der Waals surface area contributed by atoms with E-state index in [0.29, 0.717) is 13.0 Å². The molecule has 0 aliphatic heterocycles. The summed E-state index contributed by atoms with van der Waals surface area (Å²) in [6.45, 7) is 1.67. The molecule has 0 unspecified atom stereocenters. The second-order valence-electron chi connectivity index (χ2n) is 10.3. The lowest BCUT2D eigenvalue weighted by molar-refractivity contribution is -0.122. The van der Waals surface area contributed by atoms with Gasteiger partial charge < -0.3 is 21.4 Å². The van der Waals surface area contributed by atoms with Gasteiger partial charge in [-0.05, 0) is 68.2 Å². The van der Waals surface area contributed by atoms with E-state index in [4.69, 9.17) is 10.7 Å². The number of carbonyl (C=O) groups is 1. The van der Waals surface area contributed by atoms with E-state index in [0.717, 1.165) is 60.6 Å². The summed E-state index contributed by atoms with van der Waals surface area (Å²) in [6.07, 6.45) is 12.8. The number of nitrogens with two attached hydrogens (primary N) is 1. The predicted octanol–water partition coefficient (Wildman–Crippen LogP) is 5.64. The Labute approximate surface area is 219 Å². The van der Waals surface area contributed by atoms with Crippen LogP contribution in [0.3, 0.4) is 0 Å². The van der Waals surface area contributed by atoms with E-state index >= 15 is 0 Å². The van der Waals surface area contributed by atoms with Crippen molar-refractivity contribution >= 4 is 33.4 Å². The largest absolute Gasteiger partial charge is 0.384 e. The fourth-order valence-electron chi connectivity index (χ4n) is 5.54. The zero-order chi connectivity index (χ0) is 25.5. The van der Waals surface area contributed by atoms with Gasteiger partial charge in [0.15, 0.2) is 0 Å². The number of aryl methyl sites for hydroxylation is 1. The summed E-state index contributed by atoms with van der Waals surface area (Å²) in [6, 6.07) is 16.1. The lowest BCUT2D eigenvalue weighted by Crippen LogP contribution is -2.42. The van der Waals surface area contributed by atoms with Gasteiger partial charge in [-0.2, -0.15) is 0 Å². The normalized spacial score (nSPS) is 14.0. The number of anilines is 1. The van der Waals surface area contributed by atoms with Gasteiger partial charge in [0.25, 0.3) is 0 Å². The molecule has 0 radical (unpaired) electrons. The van der Waals surface area contributed by atoms with Crippen molar-refractivity contribution in [1.29, 1.82) is 0 Å². The number of pyridine rings is 1.